The molecule has 0 aliphatic carbocycles. The van der Waals surface area contributed by atoms with Crippen LogP contribution in [0.3, 0.4) is 0 Å². The summed E-state index contributed by atoms with van der Waals surface area (Å²) in [5.74, 6) is 0. The Morgan fingerprint density at radius 1 is 1.10 bits per heavy atom. The molecule has 0 atom stereocenters. The molecule has 106 valence electrons. The van der Waals surface area contributed by atoms with Crippen LogP contribution in [0.1, 0.15) is 10.6 Å². The van der Waals surface area contributed by atoms with Gasteiger partial charge < -0.3 is 0 Å². The average molecular weight is 313 g/mol. The number of benzene rings is 1. The number of hydrogen-bond acceptors (Lipinski definition) is 5. The smallest absolute Gasteiger partial charge is 0.187 e. The molecule has 21 heavy (non-hydrogen) atoms. The number of aryl methyl sites for hydroxylation is 2. The first kappa shape index (κ1) is 14.2. The minimum atomic E-state index is 0.786. The summed E-state index contributed by atoms with van der Waals surface area (Å²) >= 11 is 3.23. The summed E-state index contributed by atoms with van der Waals surface area (Å²) in [6.45, 7) is 4.13. The second-order valence-electron chi connectivity index (χ2n) is 4.71. The van der Waals surface area contributed by atoms with Crippen LogP contribution in [0, 0.1) is 13.8 Å². The average Bonchev–Trinajstić information content (AvgIpc) is 2.89. The van der Waals surface area contributed by atoms with Crippen LogP contribution < -0.4 is 0 Å². The lowest BCUT2D eigenvalue weighted by molar-refractivity contribution is 0.978. The van der Waals surface area contributed by atoms with E-state index in [0.29, 0.717) is 0 Å². The van der Waals surface area contributed by atoms with Gasteiger partial charge in [-0.05, 0) is 32.2 Å². The number of hydrogen-bond donors (Lipinski definition) is 0. The van der Waals surface area contributed by atoms with Gasteiger partial charge in [0.1, 0.15) is 0 Å². The van der Waals surface area contributed by atoms with Gasteiger partial charge in [-0.25, -0.2) is 15.0 Å². The van der Waals surface area contributed by atoms with Crippen LogP contribution in [0.4, 0.5) is 0 Å². The van der Waals surface area contributed by atoms with Crippen molar-refractivity contribution in [2.45, 2.75) is 19.0 Å². The molecular weight excluding hydrogens is 298 g/mol. The largest absolute Gasteiger partial charge is 0.241 e. The number of thiazole rings is 1. The highest BCUT2D eigenvalue weighted by Crippen LogP contribution is 2.36. The molecule has 0 saturated heterocycles. The molecule has 1 aromatic carbocycles. The highest BCUT2D eigenvalue weighted by molar-refractivity contribution is 7.98. The van der Waals surface area contributed by atoms with Gasteiger partial charge in [-0.1, -0.05) is 35.5 Å². The highest BCUT2D eigenvalue weighted by Gasteiger charge is 2.15. The third-order valence-electron chi connectivity index (χ3n) is 3.07. The van der Waals surface area contributed by atoms with Crippen LogP contribution in [0.2, 0.25) is 0 Å². The molecule has 0 unspecified atom stereocenters. The minimum Gasteiger partial charge on any atom is -0.241 e. The van der Waals surface area contributed by atoms with Crippen molar-refractivity contribution in [1.29, 1.82) is 0 Å². The van der Waals surface area contributed by atoms with Crippen LogP contribution >= 0.6 is 23.1 Å². The SMILES string of the molecule is CSc1nccc(-c2sc(C)nc2-c2cccc(C)c2)n1. The van der Waals surface area contributed by atoms with E-state index in [1.54, 1.807) is 23.1 Å². The Kier molecular flexibility index (Phi) is 4.03. The Morgan fingerprint density at radius 2 is 1.95 bits per heavy atom. The fraction of sp³-hybridized carbons (Fsp3) is 0.188. The fourth-order valence-electron chi connectivity index (χ4n) is 2.15. The van der Waals surface area contributed by atoms with E-state index in [1.165, 1.54) is 5.56 Å². The van der Waals surface area contributed by atoms with Gasteiger partial charge in [0, 0.05) is 11.8 Å². The summed E-state index contributed by atoms with van der Waals surface area (Å²) in [6, 6.07) is 10.4. The molecule has 0 fully saturated rings. The molecule has 0 aliphatic rings. The molecule has 3 nitrogen and oxygen atoms in total. The van der Waals surface area contributed by atoms with E-state index in [4.69, 9.17) is 4.98 Å². The summed E-state index contributed by atoms with van der Waals surface area (Å²) in [5, 5.41) is 1.83. The lowest BCUT2D eigenvalue weighted by Gasteiger charge is -2.04. The van der Waals surface area contributed by atoms with E-state index in [0.717, 1.165) is 32.0 Å². The normalized spacial score (nSPS) is 10.8. The molecule has 0 N–H and O–H groups in total. The van der Waals surface area contributed by atoms with Gasteiger partial charge >= 0.3 is 0 Å². The molecule has 5 heteroatoms. The lowest BCUT2D eigenvalue weighted by Crippen LogP contribution is -1.89. The Labute approximate surface area is 132 Å². The molecular formula is C16H15N3S2. The van der Waals surface area contributed by atoms with Crippen molar-refractivity contribution in [2.75, 3.05) is 6.26 Å². The monoisotopic (exact) mass is 313 g/mol. The Morgan fingerprint density at radius 3 is 2.71 bits per heavy atom. The van der Waals surface area contributed by atoms with Gasteiger partial charge in [0.2, 0.25) is 0 Å². The van der Waals surface area contributed by atoms with E-state index >= 15 is 0 Å². The van der Waals surface area contributed by atoms with Gasteiger partial charge in [0.05, 0.1) is 21.3 Å². The molecule has 0 radical (unpaired) electrons. The van der Waals surface area contributed by atoms with Crippen molar-refractivity contribution in [3.05, 3.63) is 47.1 Å². The van der Waals surface area contributed by atoms with Crippen molar-refractivity contribution in [3.8, 4) is 21.8 Å². The van der Waals surface area contributed by atoms with Gasteiger partial charge in [0.15, 0.2) is 5.16 Å². The van der Waals surface area contributed by atoms with Crippen molar-refractivity contribution in [1.82, 2.24) is 15.0 Å². The maximum Gasteiger partial charge on any atom is 0.187 e. The predicted molar refractivity (Wildman–Crippen MR) is 89.8 cm³/mol. The van der Waals surface area contributed by atoms with Gasteiger partial charge in [0.25, 0.3) is 0 Å². The summed E-state index contributed by atoms with van der Waals surface area (Å²) in [7, 11) is 0. The topological polar surface area (TPSA) is 38.7 Å². The minimum absolute atomic E-state index is 0.786. The number of thioether (sulfide) groups is 1. The molecule has 3 aromatic rings. The molecule has 0 spiro atoms. The Balaban J connectivity index is 2.15. The van der Waals surface area contributed by atoms with Gasteiger partial charge in [-0.3, -0.25) is 0 Å². The van der Waals surface area contributed by atoms with E-state index in [9.17, 15) is 0 Å². The van der Waals surface area contributed by atoms with Crippen molar-refractivity contribution < 1.29 is 0 Å². The van der Waals surface area contributed by atoms with E-state index in [1.807, 2.05) is 25.4 Å². The Hall–Kier alpha value is -1.72. The van der Waals surface area contributed by atoms with E-state index < -0.39 is 0 Å². The molecule has 2 aromatic heterocycles. The van der Waals surface area contributed by atoms with E-state index in [2.05, 4.69) is 41.2 Å². The zero-order valence-electron chi connectivity index (χ0n) is 12.1. The quantitative estimate of drug-likeness (QED) is 0.523. The third kappa shape index (κ3) is 2.99. The first-order valence-electron chi connectivity index (χ1n) is 6.59. The molecule has 0 amide bonds. The lowest BCUT2D eigenvalue weighted by atomic mass is 10.1. The second-order valence-corrected chi connectivity index (χ2v) is 6.69. The summed E-state index contributed by atoms with van der Waals surface area (Å²) < 4.78 is 0. The molecule has 0 bridgehead atoms. The molecule has 2 heterocycles. The number of nitrogens with zero attached hydrogens (tertiary/aromatic N) is 3. The van der Waals surface area contributed by atoms with Crippen LogP contribution in [-0.2, 0) is 0 Å². The van der Waals surface area contributed by atoms with Gasteiger partial charge in [-0.15, -0.1) is 11.3 Å². The van der Waals surface area contributed by atoms with Crippen LogP contribution in [0.25, 0.3) is 21.8 Å². The maximum absolute atomic E-state index is 4.71. The summed E-state index contributed by atoms with van der Waals surface area (Å²) in [5.41, 5.74) is 4.32. The first-order valence-corrected chi connectivity index (χ1v) is 8.63. The molecule has 3 rings (SSSR count). The number of rotatable bonds is 3. The van der Waals surface area contributed by atoms with Gasteiger partial charge in [-0.2, -0.15) is 0 Å². The zero-order chi connectivity index (χ0) is 14.8. The summed E-state index contributed by atoms with van der Waals surface area (Å²) in [4.78, 5) is 14.7. The first-order chi connectivity index (χ1) is 10.2. The summed E-state index contributed by atoms with van der Waals surface area (Å²) in [6.07, 6.45) is 3.79. The van der Waals surface area contributed by atoms with Crippen LogP contribution in [-0.4, -0.2) is 21.2 Å². The van der Waals surface area contributed by atoms with E-state index in [-0.39, 0.29) is 0 Å². The third-order valence-corrected chi connectivity index (χ3v) is 4.63. The predicted octanol–water partition coefficient (Wildman–Crippen LogP) is 4.61. The van der Waals surface area contributed by atoms with Crippen molar-refractivity contribution in [2.24, 2.45) is 0 Å². The fourth-order valence-corrected chi connectivity index (χ4v) is 3.42. The highest BCUT2D eigenvalue weighted by atomic mass is 32.2. The molecule has 0 aliphatic heterocycles. The van der Waals surface area contributed by atoms with Crippen molar-refractivity contribution >= 4 is 23.1 Å². The standard InChI is InChI=1S/C16H15N3S2/c1-10-5-4-6-12(9-10)14-15(21-11(2)18-14)13-7-8-17-16(19-13)20-3/h4-9H,1-3H3. The second kappa shape index (κ2) is 5.95. The van der Waals surface area contributed by atoms with Crippen LogP contribution in [0.15, 0.2) is 41.7 Å². The van der Waals surface area contributed by atoms with Crippen molar-refractivity contribution in [3.63, 3.8) is 0 Å². The number of aromatic nitrogens is 3. The Bertz CT molecular complexity index is 781. The molecule has 0 saturated carbocycles. The zero-order valence-corrected chi connectivity index (χ0v) is 13.8. The maximum atomic E-state index is 4.71. The van der Waals surface area contributed by atoms with Crippen LogP contribution in [0.5, 0.6) is 0 Å².